The van der Waals surface area contributed by atoms with Crippen molar-refractivity contribution in [2.75, 3.05) is 32.0 Å². The lowest BCUT2D eigenvalue weighted by Gasteiger charge is -2.26. The topological polar surface area (TPSA) is 60.6 Å². The van der Waals surface area contributed by atoms with Gasteiger partial charge in [0.15, 0.2) is 11.6 Å². The molecule has 0 radical (unpaired) electrons. The van der Waals surface area contributed by atoms with Crippen LogP contribution in [0.2, 0.25) is 10.0 Å². The Labute approximate surface area is 196 Å². The fourth-order valence-corrected chi connectivity index (χ4v) is 4.45. The molecule has 32 heavy (non-hydrogen) atoms. The van der Waals surface area contributed by atoms with Crippen LogP contribution in [0.15, 0.2) is 48.7 Å². The first-order valence-corrected chi connectivity index (χ1v) is 11.1. The molecule has 3 aromatic rings. The van der Waals surface area contributed by atoms with Crippen LogP contribution in [0, 0.1) is 5.82 Å². The van der Waals surface area contributed by atoms with E-state index in [0.717, 1.165) is 44.0 Å². The van der Waals surface area contributed by atoms with E-state index in [1.54, 1.807) is 13.1 Å². The molecule has 1 aliphatic heterocycles. The summed E-state index contributed by atoms with van der Waals surface area (Å²) in [6.07, 6.45) is 0.989. The first-order chi connectivity index (χ1) is 15.4. The number of morpholine rings is 1. The fourth-order valence-electron chi connectivity index (χ4n) is 3.77. The Bertz CT molecular complexity index is 1090. The van der Waals surface area contributed by atoms with Gasteiger partial charge in [-0.05, 0) is 36.2 Å². The van der Waals surface area contributed by atoms with Crippen LogP contribution in [-0.4, -0.2) is 36.2 Å². The maximum Gasteiger partial charge on any atom is 0.170 e. The first-order valence-electron chi connectivity index (χ1n) is 10.4. The van der Waals surface area contributed by atoms with E-state index in [2.05, 4.69) is 22.0 Å². The molecule has 2 aromatic carbocycles. The molecule has 0 amide bonds. The molecule has 1 aromatic heterocycles. The highest BCUT2D eigenvalue weighted by atomic mass is 35.5. The molecular weight excluding hydrogens is 452 g/mol. The molecule has 2 N–H and O–H groups in total. The van der Waals surface area contributed by atoms with Gasteiger partial charge in [0.2, 0.25) is 0 Å². The quantitative estimate of drug-likeness (QED) is 0.459. The van der Waals surface area contributed by atoms with Crippen molar-refractivity contribution in [3.05, 3.63) is 75.7 Å². The predicted octanol–water partition coefficient (Wildman–Crippen LogP) is 5.75. The fraction of sp³-hybridized carbons (Fsp3) is 0.292. The molecule has 2 heterocycles. The molecule has 4 rings (SSSR count). The third-order valence-corrected chi connectivity index (χ3v) is 6.20. The second kappa shape index (κ2) is 10.0. The summed E-state index contributed by atoms with van der Waals surface area (Å²) < 4.78 is 25.5. The van der Waals surface area contributed by atoms with E-state index < -0.39 is 11.9 Å². The number of aromatic nitrogens is 1. The molecule has 0 saturated carbocycles. The van der Waals surface area contributed by atoms with Crippen molar-refractivity contribution in [3.63, 3.8) is 0 Å². The van der Waals surface area contributed by atoms with Crippen LogP contribution < -0.4 is 10.5 Å². The number of rotatable bonds is 6. The third-order valence-electron chi connectivity index (χ3n) is 5.49. The molecule has 1 saturated heterocycles. The van der Waals surface area contributed by atoms with Crippen LogP contribution in [0.4, 0.5) is 10.2 Å². The van der Waals surface area contributed by atoms with Crippen LogP contribution in [0.3, 0.4) is 0 Å². The number of benzene rings is 2. The summed E-state index contributed by atoms with van der Waals surface area (Å²) >= 11 is 12.4. The predicted molar refractivity (Wildman–Crippen MR) is 126 cm³/mol. The lowest BCUT2D eigenvalue weighted by atomic mass is 10.0. The Hall–Kier alpha value is -2.38. The molecule has 1 atom stereocenters. The van der Waals surface area contributed by atoms with E-state index in [1.807, 2.05) is 18.2 Å². The Kier molecular flexibility index (Phi) is 7.16. The zero-order chi connectivity index (χ0) is 22.7. The summed E-state index contributed by atoms with van der Waals surface area (Å²) in [5.74, 6) is 0.0736. The molecular formula is C24H24Cl2FN3O2. The van der Waals surface area contributed by atoms with Crippen LogP contribution >= 0.6 is 23.2 Å². The van der Waals surface area contributed by atoms with E-state index in [0.29, 0.717) is 16.3 Å². The molecule has 5 nitrogen and oxygen atoms in total. The number of halogens is 3. The number of nitrogen functional groups attached to an aromatic ring is 1. The number of pyridine rings is 1. The summed E-state index contributed by atoms with van der Waals surface area (Å²) in [5.41, 5.74) is 9.45. The van der Waals surface area contributed by atoms with Gasteiger partial charge in [0.25, 0.3) is 0 Å². The standard InChI is InChI=1S/C24H24Cl2FN3O2/c1-15(21-19(25)6-7-20(27)22(21)26)32-23-18(8-9-29-24(23)28)17-4-2-16(3-5-17)14-30-10-12-31-13-11-30/h2-9,15H,10-14H2,1H3,(H2,28,29). The van der Waals surface area contributed by atoms with Gasteiger partial charge in [-0.25, -0.2) is 9.37 Å². The molecule has 168 valence electrons. The zero-order valence-electron chi connectivity index (χ0n) is 17.7. The molecule has 0 aliphatic carbocycles. The van der Waals surface area contributed by atoms with Gasteiger partial charge >= 0.3 is 0 Å². The average molecular weight is 476 g/mol. The first kappa shape index (κ1) is 22.8. The second-order valence-corrected chi connectivity index (χ2v) is 8.46. The van der Waals surface area contributed by atoms with Crippen molar-refractivity contribution < 1.29 is 13.9 Å². The molecule has 0 bridgehead atoms. The molecule has 0 spiro atoms. The number of anilines is 1. The minimum atomic E-state index is -0.642. The van der Waals surface area contributed by atoms with Crippen LogP contribution in [0.5, 0.6) is 5.75 Å². The van der Waals surface area contributed by atoms with Crippen LogP contribution in [0.25, 0.3) is 11.1 Å². The maximum absolute atomic E-state index is 14.0. The Morgan fingerprint density at radius 3 is 2.56 bits per heavy atom. The van der Waals surface area contributed by atoms with Gasteiger partial charge in [0.1, 0.15) is 11.9 Å². The molecule has 1 unspecified atom stereocenters. The highest BCUT2D eigenvalue weighted by Gasteiger charge is 2.21. The zero-order valence-corrected chi connectivity index (χ0v) is 19.2. The average Bonchev–Trinajstić information content (AvgIpc) is 2.79. The maximum atomic E-state index is 14.0. The van der Waals surface area contributed by atoms with Gasteiger partial charge in [-0.2, -0.15) is 0 Å². The van der Waals surface area contributed by atoms with Crippen molar-refractivity contribution in [3.8, 4) is 16.9 Å². The number of ether oxygens (including phenoxy) is 2. The summed E-state index contributed by atoms with van der Waals surface area (Å²) in [5, 5.41) is 0.252. The summed E-state index contributed by atoms with van der Waals surface area (Å²) in [6.45, 7) is 6.03. The van der Waals surface area contributed by atoms with Gasteiger partial charge in [-0.15, -0.1) is 0 Å². The van der Waals surface area contributed by atoms with Gasteiger partial charge in [0, 0.05) is 42.0 Å². The van der Waals surface area contributed by atoms with Gasteiger partial charge in [0.05, 0.1) is 18.2 Å². The van der Waals surface area contributed by atoms with Crippen molar-refractivity contribution in [1.82, 2.24) is 9.88 Å². The van der Waals surface area contributed by atoms with Gasteiger partial charge < -0.3 is 15.2 Å². The summed E-state index contributed by atoms with van der Waals surface area (Å²) in [6, 6.07) is 12.8. The smallest absolute Gasteiger partial charge is 0.170 e. The molecule has 1 fully saturated rings. The van der Waals surface area contributed by atoms with E-state index in [4.69, 9.17) is 38.4 Å². The Morgan fingerprint density at radius 1 is 1.12 bits per heavy atom. The second-order valence-electron chi connectivity index (χ2n) is 7.68. The number of nitrogens with two attached hydrogens (primary N) is 1. The molecule has 8 heteroatoms. The molecule has 1 aliphatic rings. The van der Waals surface area contributed by atoms with Crippen molar-refractivity contribution >= 4 is 29.0 Å². The number of hydrogen-bond donors (Lipinski definition) is 1. The summed E-state index contributed by atoms with van der Waals surface area (Å²) in [4.78, 5) is 6.53. The van der Waals surface area contributed by atoms with E-state index in [-0.39, 0.29) is 10.8 Å². The lowest BCUT2D eigenvalue weighted by molar-refractivity contribution is 0.0342. The Balaban J connectivity index is 1.59. The van der Waals surface area contributed by atoms with E-state index in [1.165, 1.54) is 17.7 Å². The van der Waals surface area contributed by atoms with Gasteiger partial charge in [-0.1, -0.05) is 47.5 Å². The van der Waals surface area contributed by atoms with Crippen LogP contribution in [0.1, 0.15) is 24.2 Å². The lowest BCUT2D eigenvalue weighted by Crippen LogP contribution is -2.35. The van der Waals surface area contributed by atoms with Crippen molar-refractivity contribution in [1.29, 1.82) is 0 Å². The minimum Gasteiger partial charge on any atom is -0.481 e. The van der Waals surface area contributed by atoms with Gasteiger partial charge in [-0.3, -0.25) is 4.90 Å². The Morgan fingerprint density at radius 2 is 1.84 bits per heavy atom. The summed E-state index contributed by atoms with van der Waals surface area (Å²) in [7, 11) is 0. The van der Waals surface area contributed by atoms with Crippen molar-refractivity contribution in [2.45, 2.75) is 19.6 Å². The highest BCUT2D eigenvalue weighted by molar-refractivity contribution is 6.36. The third kappa shape index (κ3) is 4.99. The minimum absolute atomic E-state index is 0.0681. The monoisotopic (exact) mass is 475 g/mol. The largest absolute Gasteiger partial charge is 0.481 e. The highest BCUT2D eigenvalue weighted by Crippen LogP contribution is 2.40. The van der Waals surface area contributed by atoms with E-state index >= 15 is 0 Å². The van der Waals surface area contributed by atoms with Crippen molar-refractivity contribution in [2.24, 2.45) is 0 Å². The van der Waals surface area contributed by atoms with E-state index in [9.17, 15) is 4.39 Å². The number of hydrogen-bond acceptors (Lipinski definition) is 5. The van der Waals surface area contributed by atoms with Crippen LogP contribution in [-0.2, 0) is 11.3 Å². The SMILES string of the molecule is CC(Oc1c(-c2ccc(CN3CCOCC3)cc2)ccnc1N)c1c(Cl)ccc(F)c1Cl. The normalized spacial score (nSPS) is 15.5. The number of nitrogens with zero attached hydrogens (tertiary/aromatic N) is 2.